The zero-order valence-electron chi connectivity index (χ0n) is 10.6. The van der Waals surface area contributed by atoms with Crippen molar-refractivity contribution >= 4 is 40.9 Å². The Labute approximate surface area is 121 Å². The summed E-state index contributed by atoms with van der Waals surface area (Å²) in [6.07, 6.45) is 0. The molecule has 0 fully saturated rings. The van der Waals surface area contributed by atoms with Crippen LogP contribution in [0.1, 0.15) is 0 Å². The number of carbonyl (C=O) groups excluding carboxylic acids is 3. The lowest BCUT2D eigenvalue weighted by molar-refractivity contribution is -0.357. The van der Waals surface area contributed by atoms with Crippen molar-refractivity contribution < 1.29 is 20.1 Å². The number of rotatable bonds is 9. The van der Waals surface area contributed by atoms with E-state index >= 15 is 0 Å². The summed E-state index contributed by atoms with van der Waals surface area (Å²) in [4.78, 5) is 35.0. The zero-order valence-corrected chi connectivity index (χ0v) is 12.1. The van der Waals surface area contributed by atoms with E-state index in [1.165, 1.54) is 4.90 Å². The van der Waals surface area contributed by atoms with Gasteiger partial charge in [-0.05, 0) is 0 Å². The first-order valence-electron chi connectivity index (χ1n) is 5.77. The lowest BCUT2D eigenvalue weighted by atomic mass is 10.4. The second kappa shape index (κ2) is 10.8. The molecule has 0 aliphatic carbocycles. The van der Waals surface area contributed by atoms with Crippen LogP contribution in [0.5, 0.6) is 0 Å². The van der Waals surface area contributed by atoms with Gasteiger partial charge in [0.2, 0.25) is 11.8 Å². The Morgan fingerprint density at radius 1 is 0.947 bits per heavy atom. The molecule has 0 aromatic carbocycles. The predicted octanol–water partition coefficient (Wildman–Crippen LogP) is -2.23. The molecule has 9 heteroatoms. The largest absolute Gasteiger partial charge is 0.353 e. The van der Waals surface area contributed by atoms with Crippen LogP contribution in [-0.2, 0) is 14.4 Å². The van der Waals surface area contributed by atoms with Crippen molar-refractivity contribution in [2.24, 2.45) is 0 Å². The molecule has 0 rings (SSSR count). The van der Waals surface area contributed by atoms with Crippen LogP contribution in [0.3, 0.4) is 0 Å². The fourth-order valence-electron chi connectivity index (χ4n) is 1.27. The van der Waals surface area contributed by atoms with Crippen LogP contribution < -0.4 is 16.4 Å². The molecule has 0 spiro atoms. The molecule has 19 heavy (non-hydrogen) atoms. The van der Waals surface area contributed by atoms with E-state index in [4.69, 9.17) is 23.2 Å². The molecular weight excluding hydrogens is 295 g/mol. The van der Waals surface area contributed by atoms with Gasteiger partial charge in [-0.1, -0.05) is 0 Å². The van der Waals surface area contributed by atoms with Gasteiger partial charge >= 0.3 is 0 Å². The van der Waals surface area contributed by atoms with Gasteiger partial charge in [0.05, 0.1) is 0 Å². The Morgan fingerprint density at radius 2 is 1.37 bits per heavy atom. The summed E-state index contributed by atoms with van der Waals surface area (Å²) >= 11 is 10.7. The van der Waals surface area contributed by atoms with Crippen LogP contribution in [0.2, 0.25) is 0 Å². The molecule has 0 bridgehead atoms. The van der Waals surface area contributed by atoms with Gasteiger partial charge in [-0.15, -0.1) is 23.2 Å². The number of nitrogens with one attached hydrogen (secondary N) is 2. The van der Waals surface area contributed by atoms with Gasteiger partial charge in [0.25, 0.3) is 5.91 Å². The first-order chi connectivity index (χ1) is 9.04. The number of hydrogen-bond acceptors (Lipinski definition) is 3. The number of hydrogen-bond donors (Lipinski definition) is 3. The number of amides is 3. The van der Waals surface area contributed by atoms with Gasteiger partial charge < -0.3 is 21.3 Å². The number of alkyl halides is 2. The topological polar surface area (TPSA) is 106 Å². The number of nitrogens with zero attached hydrogens (tertiary/aromatic N) is 1. The van der Waals surface area contributed by atoms with Crippen molar-refractivity contribution in [2.45, 2.75) is 0 Å². The minimum atomic E-state index is -0.292. The maximum absolute atomic E-state index is 11.6. The Balaban J connectivity index is 4.06. The molecule has 0 atom stereocenters. The predicted molar refractivity (Wildman–Crippen MR) is 71.8 cm³/mol. The molecule has 0 radical (unpaired) electrons. The molecule has 0 aliphatic rings. The quantitative estimate of drug-likeness (QED) is 0.419. The van der Waals surface area contributed by atoms with Gasteiger partial charge in [-0.2, -0.15) is 0 Å². The number of carbonyl (C=O) groups is 3. The molecule has 3 amide bonds. The van der Waals surface area contributed by atoms with Crippen molar-refractivity contribution in [3.8, 4) is 0 Å². The highest BCUT2D eigenvalue weighted by atomic mass is 35.5. The third-order valence-corrected chi connectivity index (χ3v) is 2.70. The van der Waals surface area contributed by atoms with Crippen LogP contribution in [0.4, 0.5) is 0 Å². The highest BCUT2D eigenvalue weighted by molar-refractivity contribution is 6.27. The second-order valence-electron chi connectivity index (χ2n) is 3.60. The lowest BCUT2D eigenvalue weighted by Gasteiger charge is -2.21. The minimum absolute atomic E-state index is 0.116. The van der Waals surface area contributed by atoms with E-state index in [-0.39, 0.29) is 36.0 Å². The maximum Gasteiger partial charge on any atom is 0.277 e. The molecule has 0 saturated carbocycles. The maximum atomic E-state index is 11.6. The summed E-state index contributed by atoms with van der Waals surface area (Å²) in [5, 5.41) is 5.12. The molecule has 0 heterocycles. The molecule has 0 aromatic rings. The van der Waals surface area contributed by atoms with Gasteiger partial charge in [0, 0.05) is 26.2 Å². The van der Waals surface area contributed by atoms with Crippen molar-refractivity contribution in [3.05, 3.63) is 0 Å². The van der Waals surface area contributed by atoms with Crippen molar-refractivity contribution in [1.29, 1.82) is 0 Å². The average molecular weight is 314 g/mol. The van der Waals surface area contributed by atoms with Gasteiger partial charge in [-0.3, -0.25) is 14.4 Å². The minimum Gasteiger partial charge on any atom is -0.353 e. The van der Waals surface area contributed by atoms with Gasteiger partial charge in [-0.25, -0.2) is 0 Å². The molecule has 0 aromatic heterocycles. The molecule has 110 valence electrons. The van der Waals surface area contributed by atoms with E-state index < -0.39 is 0 Å². The van der Waals surface area contributed by atoms with E-state index in [2.05, 4.69) is 16.4 Å². The van der Waals surface area contributed by atoms with Crippen LogP contribution >= 0.6 is 23.2 Å². The van der Waals surface area contributed by atoms with E-state index in [0.29, 0.717) is 26.2 Å². The van der Waals surface area contributed by atoms with Crippen LogP contribution in [-0.4, -0.2) is 67.1 Å². The number of halogens is 2. The molecular formula is C10H19Cl2N4O3+. The summed E-state index contributed by atoms with van der Waals surface area (Å²) in [5.41, 5.74) is 3.52. The van der Waals surface area contributed by atoms with Crippen LogP contribution in [0.15, 0.2) is 0 Å². The first kappa shape index (κ1) is 17.9. The average Bonchev–Trinajstić information content (AvgIpc) is 2.44. The van der Waals surface area contributed by atoms with E-state index in [1.807, 2.05) is 0 Å². The normalized spacial score (nSPS) is 9.84. The number of quaternary nitrogens is 1. The summed E-state index contributed by atoms with van der Waals surface area (Å²) in [7, 11) is 0. The summed E-state index contributed by atoms with van der Waals surface area (Å²) in [6.45, 7) is 1.41. The molecule has 0 saturated heterocycles. The van der Waals surface area contributed by atoms with Crippen molar-refractivity contribution in [1.82, 2.24) is 15.5 Å². The summed E-state index contributed by atoms with van der Waals surface area (Å²) < 4.78 is 0. The van der Waals surface area contributed by atoms with E-state index in [9.17, 15) is 14.4 Å². The Morgan fingerprint density at radius 3 is 1.68 bits per heavy atom. The van der Waals surface area contributed by atoms with E-state index in [0.717, 1.165) is 0 Å². The third kappa shape index (κ3) is 8.63. The van der Waals surface area contributed by atoms with Crippen molar-refractivity contribution in [2.75, 3.05) is 44.5 Å². The smallest absolute Gasteiger partial charge is 0.277 e. The molecule has 5 N–H and O–H groups in total. The van der Waals surface area contributed by atoms with E-state index in [1.54, 1.807) is 0 Å². The lowest BCUT2D eigenvalue weighted by Crippen LogP contribution is -2.59. The van der Waals surface area contributed by atoms with Gasteiger partial charge in [0.1, 0.15) is 11.8 Å². The zero-order chi connectivity index (χ0) is 14.7. The third-order valence-electron chi connectivity index (χ3n) is 2.22. The van der Waals surface area contributed by atoms with Gasteiger partial charge in [0.15, 0.2) is 6.54 Å². The molecule has 0 unspecified atom stereocenters. The standard InChI is InChI=1S/C10H18Cl2N4O3/c11-5-8(17)14-1-3-16(10(19)7-13)4-2-15-9(18)6-12/h1-7,13H2,(H,14,17)(H,15,18)/p+1. The summed E-state index contributed by atoms with van der Waals surface area (Å²) in [5.74, 6) is -0.970. The second-order valence-corrected chi connectivity index (χ2v) is 4.13. The first-order valence-corrected chi connectivity index (χ1v) is 6.84. The highest BCUT2D eigenvalue weighted by Gasteiger charge is 2.13. The Bertz CT molecular complexity index is 293. The van der Waals surface area contributed by atoms with Crippen LogP contribution in [0, 0.1) is 0 Å². The fourth-order valence-corrected chi connectivity index (χ4v) is 1.46. The highest BCUT2D eigenvalue weighted by Crippen LogP contribution is 1.88. The Kier molecular flexibility index (Phi) is 10.2. The molecule has 7 nitrogen and oxygen atoms in total. The molecule has 0 aliphatic heterocycles. The Hall–Kier alpha value is -1.05. The van der Waals surface area contributed by atoms with Crippen LogP contribution in [0.25, 0.3) is 0 Å². The SMILES string of the molecule is [NH3+]CC(=O)N(CCNC(=O)CCl)CCNC(=O)CCl. The summed E-state index contributed by atoms with van der Waals surface area (Å²) in [6, 6.07) is 0. The monoisotopic (exact) mass is 313 g/mol. The van der Waals surface area contributed by atoms with Crippen molar-refractivity contribution in [3.63, 3.8) is 0 Å². The fraction of sp³-hybridized carbons (Fsp3) is 0.700.